The second kappa shape index (κ2) is 3.62. The smallest absolute Gasteiger partial charge is 0.371 e. The first-order valence-electron chi connectivity index (χ1n) is 4.37. The average molecular weight is 227 g/mol. The molecule has 0 bridgehead atoms. The van der Waals surface area contributed by atoms with E-state index in [-0.39, 0.29) is 11.7 Å². The first-order chi connectivity index (χ1) is 7.09. The molecular formula is C9H9NO4S. The van der Waals surface area contributed by atoms with Crippen LogP contribution in [-0.2, 0) is 4.79 Å². The summed E-state index contributed by atoms with van der Waals surface area (Å²) >= 11 is 1.50. The van der Waals surface area contributed by atoms with E-state index in [1.807, 2.05) is 0 Å². The van der Waals surface area contributed by atoms with Crippen molar-refractivity contribution in [2.24, 2.45) is 0 Å². The number of carbonyl (C=O) groups excluding carboxylic acids is 1. The first kappa shape index (κ1) is 10.1. The molecule has 0 radical (unpaired) electrons. The Hall–Kier alpha value is -1.43. The lowest BCUT2D eigenvalue weighted by Gasteiger charge is -2.23. The van der Waals surface area contributed by atoms with Crippen molar-refractivity contribution in [1.29, 1.82) is 0 Å². The van der Waals surface area contributed by atoms with Crippen LogP contribution in [0.25, 0.3) is 0 Å². The summed E-state index contributed by atoms with van der Waals surface area (Å²) in [6.45, 7) is 1.99. The number of carbonyl (C=O) groups is 2. The molecule has 1 aromatic heterocycles. The first-order valence-corrected chi connectivity index (χ1v) is 5.36. The number of nitrogens with zero attached hydrogens (tertiary/aromatic N) is 1. The van der Waals surface area contributed by atoms with Gasteiger partial charge in [-0.25, -0.2) is 4.79 Å². The van der Waals surface area contributed by atoms with Crippen molar-refractivity contribution in [3.8, 4) is 0 Å². The summed E-state index contributed by atoms with van der Waals surface area (Å²) in [5.74, 6) is -0.265. The minimum absolute atomic E-state index is 0.124. The molecule has 0 saturated heterocycles. The zero-order chi connectivity index (χ0) is 11.0. The van der Waals surface area contributed by atoms with Gasteiger partial charge in [0.05, 0.1) is 4.90 Å². The largest absolute Gasteiger partial charge is 0.475 e. The molecule has 0 atom stereocenters. The number of fused-ring (bicyclic) bond motifs is 1. The SMILES string of the molecule is CC(=O)N1CCSc2cc(C(=O)O)oc21. The van der Waals surface area contributed by atoms with Crippen molar-refractivity contribution in [3.63, 3.8) is 0 Å². The normalized spacial score (nSPS) is 14.9. The quantitative estimate of drug-likeness (QED) is 0.786. The fourth-order valence-electron chi connectivity index (χ4n) is 1.41. The third-order valence-electron chi connectivity index (χ3n) is 2.09. The summed E-state index contributed by atoms with van der Waals surface area (Å²) in [6, 6.07) is 1.46. The monoisotopic (exact) mass is 227 g/mol. The molecule has 0 fully saturated rings. The molecule has 0 spiro atoms. The van der Waals surface area contributed by atoms with Gasteiger partial charge in [-0.2, -0.15) is 0 Å². The summed E-state index contributed by atoms with van der Waals surface area (Å²) in [4.78, 5) is 24.1. The maximum absolute atomic E-state index is 11.2. The Kier molecular flexibility index (Phi) is 2.44. The third kappa shape index (κ3) is 1.72. The van der Waals surface area contributed by atoms with Crippen LogP contribution >= 0.6 is 11.8 Å². The van der Waals surface area contributed by atoms with Crippen LogP contribution in [0.4, 0.5) is 5.88 Å². The van der Waals surface area contributed by atoms with Crippen molar-refractivity contribution in [2.45, 2.75) is 11.8 Å². The van der Waals surface area contributed by atoms with Crippen LogP contribution in [0, 0.1) is 0 Å². The summed E-state index contributed by atoms with van der Waals surface area (Å²) < 4.78 is 5.13. The topological polar surface area (TPSA) is 70.8 Å². The second-order valence-electron chi connectivity index (χ2n) is 3.10. The van der Waals surface area contributed by atoms with Crippen LogP contribution in [0.3, 0.4) is 0 Å². The highest BCUT2D eigenvalue weighted by Gasteiger charge is 2.26. The molecule has 5 nitrogen and oxygen atoms in total. The predicted molar refractivity (Wildman–Crippen MR) is 54.4 cm³/mol. The van der Waals surface area contributed by atoms with E-state index in [9.17, 15) is 9.59 Å². The number of anilines is 1. The minimum Gasteiger partial charge on any atom is -0.475 e. The standard InChI is InChI=1S/C9H9NO4S/c1-5(11)10-2-3-15-7-4-6(9(12)13)14-8(7)10/h4H,2-3H2,1H3,(H,12,13). The van der Waals surface area contributed by atoms with Gasteiger partial charge in [-0.15, -0.1) is 11.8 Å². The van der Waals surface area contributed by atoms with Crippen molar-refractivity contribution in [2.75, 3.05) is 17.2 Å². The van der Waals surface area contributed by atoms with Gasteiger partial charge in [0.25, 0.3) is 0 Å². The van der Waals surface area contributed by atoms with Gasteiger partial charge in [0.2, 0.25) is 17.6 Å². The fraction of sp³-hybridized carbons (Fsp3) is 0.333. The number of rotatable bonds is 1. The average Bonchev–Trinajstić information content (AvgIpc) is 2.60. The van der Waals surface area contributed by atoms with Crippen LogP contribution < -0.4 is 4.90 Å². The highest BCUT2D eigenvalue weighted by atomic mass is 32.2. The number of furan rings is 1. The highest BCUT2D eigenvalue weighted by Crippen LogP contribution is 2.37. The van der Waals surface area contributed by atoms with Crippen LogP contribution in [0.5, 0.6) is 0 Å². The number of thioether (sulfide) groups is 1. The fourth-order valence-corrected chi connectivity index (χ4v) is 2.37. The molecule has 1 aliphatic rings. The number of aromatic carboxylic acids is 1. The summed E-state index contributed by atoms with van der Waals surface area (Å²) in [7, 11) is 0. The molecule has 0 aromatic carbocycles. The maximum Gasteiger partial charge on any atom is 0.371 e. The molecule has 6 heteroatoms. The van der Waals surface area contributed by atoms with E-state index in [2.05, 4.69) is 0 Å². The van der Waals surface area contributed by atoms with E-state index in [4.69, 9.17) is 9.52 Å². The van der Waals surface area contributed by atoms with Gasteiger partial charge in [0.1, 0.15) is 0 Å². The van der Waals surface area contributed by atoms with E-state index >= 15 is 0 Å². The summed E-state index contributed by atoms with van der Waals surface area (Å²) in [5.41, 5.74) is 0. The Morgan fingerprint density at radius 1 is 1.60 bits per heavy atom. The minimum atomic E-state index is -1.12. The summed E-state index contributed by atoms with van der Waals surface area (Å²) in [5, 5.41) is 8.75. The Bertz CT molecular complexity index is 426. The molecule has 1 N–H and O–H groups in total. The molecule has 0 aliphatic carbocycles. The third-order valence-corrected chi connectivity index (χ3v) is 3.08. The van der Waals surface area contributed by atoms with Crippen LogP contribution in [0.2, 0.25) is 0 Å². The van der Waals surface area contributed by atoms with Crippen molar-refractivity contribution in [3.05, 3.63) is 11.8 Å². The molecule has 80 valence electrons. The zero-order valence-corrected chi connectivity index (χ0v) is 8.84. The van der Waals surface area contributed by atoms with Crippen LogP contribution in [-0.4, -0.2) is 29.3 Å². The van der Waals surface area contributed by atoms with E-state index in [1.54, 1.807) is 0 Å². The molecule has 0 saturated carbocycles. The van der Waals surface area contributed by atoms with Gasteiger partial charge >= 0.3 is 5.97 Å². The Balaban J connectivity index is 2.43. The van der Waals surface area contributed by atoms with Gasteiger partial charge in [-0.3, -0.25) is 9.69 Å². The maximum atomic E-state index is 11.2. The Morgan fingerprint density at radius 2 is 2.33 bits per heavy atom. The Morgan fingerprint density at radius 3 is 2.93 bits per heavy atom. The number of hydrogen-bond donors (Lipinski definition) is 1. The lowest BCUT2D eigenvalue weighted by Crippen LogP contribution is -2.32. The van der Waals surface area contributed by atoms with Gasteiger partial charge in [-0.05, 0) is 0 Å². The molecule has 1 aromatic rings. The van der Waals surface area contributed by atoms with Crippen molar-refractivity contribution in [1.82, 2.24) is 0 Å². The molecule has 2 rings (SSSR count). The molecule has 0 unspecified atom stereocenters. The van der Waals surface area contributed by atoms with E-state index in [0.29, 0.717) is 17.3 Å². The Labute approximate surface area is 90.0 Å². The second-order valence-corrected chi connectivity index (χ2v) is 4.24. The van der Waals surface area contributed by atoms with Gasteiger partial charge < -0.3 is 9.52 Å². The van der Waals surface area contributed by atoms with E-state index < -0.39 is 5.97 Å². The molecule has 1 aliphatic heterocycles. The lowest BCUT2D eigenvalue weighted by molar-refractivity contribution is -0.116. The predicted octanol–water partition coefficient (Wildman–Crippen LogP) is 1.44. The van der Waals surface area contributed by atoms with Crippen LogP contribution in [0.1, 0.15) is 17.5 Å². The lowest BCUT2D eigenvalue weighted by atomic mass is 10.4. The van der Waals surface area contributed by atoms with Gasteiger partial charge in [0.15, 0.2) is 0 Å². The number of carboxylic acids is 1. The molecule has 15 heavy (non-hydrogen) atoms. The zero-order valence-electron chi connectivity index (χ0n) is 8.02. The summed E-state index contributed by atoms with van der Waals surface area (Å²) in [6.07, 6.45) is 0. The molecular weight excluding hydrogens is 218 g/mol. The van der Waals surface area contributed by atoms with E-state index in [1.165, 1.54) is 29.7 Å². The van der Waals surface area contributed by atoms with E-state index in [0.717, 1.165) is 5.75 Å². The number of amides is 1. The molecule has 1 amide bonds. The van der Waals surface area contributed by atoms with Gasteiger partial charge in [-0.1, -0.05) is 0 Å². The van der Waals surface area contributed by atoms with Crippen molar-refractivity contribution < 1.29 is 19.1 Å². The van der Waals surface area contributed by atoms with Crippen molar-refractivity contribution >= 4 is 29.5 Å². The highest BCUT2D eigenvalue weighted by molar-refractivity contribution is 7.99. The number of hydrogen-bond acceptors (Lipinski definition) is 4. The number of carboxylic acid groups (broad SMARTS) is 1. The molecule has 2 heterocycles. The van der Waals surface area contributed by atoms with Crippen LogP contribution in [0.15, 0.2) is 15.4 Å². The van der Waals surface area contributed by atoms with Gasteiger partial charge in [0, 0.05) is 25.3 Å².